The van der Waals surface area contributed by atoms with Gasteiger partial charge in [-0.3, -0.25) is 4.98 Å². The molecule has 0 bridgehead atoms. The first-order valence-corrected chi connectivity index (χ1v) is 8.22. The molecule has 2 N–H and O–H groups in total. The van der Waals surface area contributed by atoms with E-state index in [1.807, 2.05) is 48.5 Å². The van der Waals surface area contributed by atoms with Gasteiger partial charge in [0, 0.05) is 23.3 Å². The minimum atomic E-state index is -0.480. The number of hydrogen-bond donors (Lipinski definition) is 2. The van der Waals surface area contributed by atoms with Gasteiger partial charge in [-0.15, -0.1) is 0 Å². The molecule has 1 atom stereocenters. The van der Waals surface area contributed by atoms with Crippen molar-refractivity contribution in [3.05, 3.63) is 96.1 Å². The van der Waals surface area contributed by atoms with Crippen molar-refractivity contribution in [3.63, 3.8) is 0 Å². The third-order valence-electron chi connectivity index (χ3n) is 4.23. The molecule has 0 fully saturated rings. The van der Waals surface area contributed by atoms with Crippen molar-refractivity contribution < 1.29 is 9.50 Å². The van der Waals surface area contributed by atoms with E-state index in [1.54, 1.807) is 18.5 Å². The molecule has 4 rings (SSSR count). The molecule has 128 valence electrons. The molecular weight excluding hydrogens is 329 g/mol. The number of rotatable bonds is 4. The van der Waals surface area contributed by atoms with Gasteiger partial charge >= 0.3 is 0 Å². The number of phenols is 1. The standard InChI is InChI=1S/C21H16FN3O/c22-16-7-3-5-15(13-16)19(25-18-8-1-2-11-23-18)17-10-9-14-6-4-12-24-20(14)21(17)26/h1-13,19,26H,(H,23,25)/t19-/m0/s1. The Morgan fingerprint density at radius 3 is 2.58 bits per heavy atom. The highest BCUT2D eigenvalue weighted by molar-refractivity contribution is 5.86. The van der Waals surface area contributed by atoms with Gasteiger partial charge in [-0.05, 0) is 35.9 Å². The van der Waals surface area contributed by atoms with E-state index >= 15 is 0 Å². The van der Waals surface area contributed by atoms with Crippen LogP contribution in [0.15, 0.2) is 79.1 Å². The smallest absolute Gasteiger partial charge is 0.147 e. The van der Waals surface area contributed by atoms with Gasteiger partial charge in [-0.2, -0.15) is 0 Å². The van der Waals surface area contributed by atoms with Gasteiger partial charge in [0.25, 0.3) is 0 Å². The monoisotopic (exact) mass is 345 g/mol. The maximum Gasteiger partial charge on any atom is 0.147 e. The molecule has 2 aromatic carbocycles. The highest BCUT2D eigenvalue weighted by Gasteiger charge is 2.20. The summed E-state index contributed by atoms with van der Waals surface area (Å²) < 4.78 is 13.8. The molecule has 4 nitrogen and oxygen atoms in total. The van der Waals surface area contributed by atoms with E-state index in [2.05, 4.69) is 15.3 Å². The summed E-state index contributed by atoms with van der Waals surface area (Å²) in [5.41, 5.74) is 1.79. The minimum absolute atomic E-state index is 0.0702. The molecule has 0 amide bonds. The van der Waals surface area contributed by atoms with Crippen LogP contribution in [0.5, 0.6) is 5.75 Å². The second-order valence-corrected chi connectivity index (χ2v) is 5.93. The summed E-state index contributed by atoms with van der Waals surface area (Å²) in [6.45, 7) is 0. The van der Waals surface area contributed by atoms with Gasteiger partial charge < -0.3 is 10.4 Å². The quantitative estimate of drug-likeness (QED) is 0.564. The lowest BCUT2D eigenvalue weighted by molar-refractivity contribution is 0.471. The van der Waals surface area contributed by atoms with Crippen molar-refractivity contribution in [1.82, 2.24) is 9.97 Å². The van der Waals surface area contributed by atoms with Crippen LogP contribution in [-0.4, -0.2) is 15.1 Å². The van der Waals surface area contributed by atoms with Crippen molar-refractivity contribution in [2.45, 2.75) is 6.04 Å². The van der Waals surface area contributed by atoms with Crippen LogP contribution in [0.4, 0.5) is 10.2 Å². The number of pyridine rings is 2. The third kappa shape index (κ3) is 3.07. The van der Waals surface area contributed by atoms with Crippen LogP contribution in [-0.2, 0) is 0 Å². The van der Waals surface area contributed by atoms with Crippen molar-refractivity contribution >= 4 is 16.7 Å². The molecule has 0 aliphatic rings. The van der Waals surface area contributed by atoms with Gasteiger partial charge in [0.05, 0.1) is 6.04 Å². The van der Waals surface area contributed by atoms with Gasteiger partial charge in [0.15, 0.2) is 0 Å². The van der Waals surface area contributed by atoms with Crippen LogP contribution < -0.4 is 5.32 Å². The highest BCUT2D eigenvalue weighted by Crippen LogP contribution is 2.36. The van der Waals surface area contributed by atoms with Gasteiger partial charge in [-0.1, -0.05) is 36.4 Å². The summed E-state index contributed by atoms with van der Waals surface area (Å²) in [6.07, 6.45) is 3.31. The molecule has 0 saturated carbocycles. The lowest BCUT2D eigenvalue weighted by Crippen LogP contribution is -2.14. The summed E-state index contributed by atoms with van der Waals surface area (Å²) in [7, 11) is 0. The van der Waals surface area contributed by atoms with Gasteiger partial charge in [0.2, 0.25) is 0 Å². The molecule has 4 aromatic rings. The molecule has 0 saturated heterocycles. The van der Waals surface area contributed by atoms with Gasteiger partial charge in [-0.25, -0.2) is 9.37 Å². The van der Waals surface area contributed by atoms with Crippen LogP contribution in [0.1, 0.15) is 17.2 Å². The Kier molecular flexibility index (Phi) is 4.19. The van der Waals surface area contributed by atoms with Crippen LogP contribution in [0.25, 0.3) is 10.9 Å². The Balaban J connectivity index is 1.86. The number of hydrogen-bond acceptors (Lipinski definition) is 4. The van der Waals surface area contributed by atoms with Crippen molar-refractivity contribution in [3.8, 4) is 5.75 Å². The number of benzene rings is 2. The zero-order chi connectivity index (χ0) is 17.9. The number of halogens is 1. The maximum atomic E-state index is 13.8. The third-order valence-corrected chi connectivity index (χ3v) is 4.23. The van der Waals surface area contributed by atoms with E-state index in [9.17, 15) is 9.50 Å². The van der Waals surface area contributed by atoms with Crippen LogP contribution in [0.2, 0.25) is 0 Å². The van der Waals surface area contributed by atoms with Crippen molar-refractivity contribution in [2.24, 2.45) is 0 Å². The lowest BCUT2D eigenvalue weighted by atomic mass is 9.96. The fourth-order valence-corrected chi connectivity index (χ4v) is 3.00. The predicted molar refractivity (Wildman–Crippen MR) is 99.5 cm³/mol. The highest BCUT2D eigenvalue weighted by atomic mass is 19.1. The fraction of sp³-hybridized carbons (Fsp3) is 0.0476. The van der Waals surface area contributed by atoms with E-state index in [0.717, 1.165) is 5.39 Å². The number of aromatic nitrogens is 2. The Hall–Kier alpha value is -3.47. The largest absolute Gasteiger partial charge is 0.505 e. The molecule has 0 aliphatic heterocycles. The van der Waals surface area contributed by atoms with Crippen molar-refractivity contribution in [1.29, 1.82) is 0 Å². The topological polar surface area (TPSA) is 58.0 Å². The number of anilines is 1. The predicted octanol–water partition coefficient (Wildman–Crippen LogP) is 4.68. The molecular formula is C21H16FN3O. The lowest BCUT2D eigenvalue weighted by Gasteiger charge is -2.22. The molecule has 0 spiro atoms. The van der Waals surface area contributed by atoms with Crippen LogP contribution in [0, 0.1) is 5.82 Å². The number of aromatic hydroxyl groups is 1. The second kappa shape index (κ2) is 6.80. The summed E-state index contributed by atoms with van der Waals surface area (Å²) in [6, 6.07) is 18.7. The normalized spacial score (nSPS) is 12.0. The maximum absolute atomic E-state index is 13.8. The van der Waals surface area contributed by atoms with Crippen LogP contribution in [0.3, 0.4) is 0 Å². The first kappa shape index (κ1) is 16.0. The first-order chi connectivity index (χ1) is 12.7. The Morgan fingerprint density at radius 2 is 1.77 bits per heavy atom. The molecule has 0 radical (unpaired) electrons. The fourth-order valence-electron chi connectivity index (χ4n) is 3.00. The zero-order valence-corrected chi connectivity index (χ0v) is 13.8. The SMILES string of the molecule is Oc1c([C@@H](Nc2ccccn2)c2cccc(F)c2)ccc2cccnc12. The summed E-state index contributed by atoms with van der Waals surface area (Å²) in [4.78, 5) is 8.56. The summed E-state index contributed by atoms with van der Waals surface area (Å²) >= 11 is 0. The zero-order valence-electron chi connectivity index (χ0n) is 13.8. The number of fused-ring (bicyclic) bond motifs is 1. The number of phenolic OH excluding ortho intramolecular Hbond substituents is 1. The minimum Gasteiger partial charge on any atom is -0.505 e. The number of nitrogens with zero attached hydrogens (tertiary/aromatic N) is 2. The Bertz CT molecular complexity index is 1050. The van der Waals surface area contributed by atoms with E-state index in [0.29, 0.717) is 22.5 Å². The van der Waals surface area contributed by atoms with E-state index in [4.69, 9.17) is 0 Å². The molecule has 2 aromatic heterocycles. The first-order valence-electron chi connectivity index (χ1n) is 8.22. The molecule has 2 heterocycles. The van der Waals surface area contributed by atoms with Crippen LogP contribution >= 0.6 is 0 Å². The summed E-state index contributed by atoms with van der Waals surface area (Å²) in [5, 5.41) is 14.9. The second-order valence-electron chi connectivity index (χ2n) is 5.93. The average molecular weight is 345 g/mol. The molecule has 0 aliphatic carbocycles. The molecule has 5 heteroatoms. The van der Waals surface area contributed by atoms with E-state index in [1.165, 1.54) is 12.1 Å². The van der Waals surface area contributed by atoms with E-state index in [-0.39, 0.29) is 11.6 Å². The number of nitrogens with one attached hydrogen (secondary N) is 1. The average Bonchev–Trinajstić information content (AvgIpc) is 2.68. The van der Waals surface area contributed by atoms with Gasteiger partial charge in [0.1, 0.15) is 22.9 Å². The Labute approximate surface area is 150 Å². The van der Waals surface area contributed by atoms with E-state index < -0.39 is 6.04 Å². The molecule has 0 unspecified atom stereocenters. The van der Waals surface area contributed by atoms with Crippen molar-refractivity contribution in [2.75, 3.05) is 5.32 Å². The molecule has 26 heavy (non-hydrogen) atoms. The Morgan fingerprint density at radius 1 is 0.885 bits per heavy atom. The summed E-state index contributed by atoms with van der Waals surface area (Å²) in [5.74, 6) is 0.358.